The van der Waals surface area contributed by atoms with E-state index < -0.39 is 19.7 Å². The summed E-state index contributed by atoms with van der Waals surface area (Å²) in [5, 5.41) is 9.26. The van der Waals surface area contributed by atoms with Crippen LogP contribution >= 0.6 is 37.0 Å². The van der Waals surface area contributed by atoms with E-state index in [1.807, 2.05) is 121 Å². The Bertz CT molecular complexity index is 2420. The van der Waals surface area contributed by atoms with Crippen LogP contribution in [-0.4, -0.2) is 0 Å². The largest absolute Gasteiger partial charge is 0.309 e. The second-order valence-electron chi connectivity index (χ2n) is 13.1. The van der Waals surface area contributed by atoms with Crippen LogP contribution in [0.1, 0.15) is 22.3 Å². The Balaban J connectivity index is 1.28. The monoisotopic (exact) mass is 728 g/mol. The zero-order valence-electron chi connectivity index (χ0n) is 27.3. The molecule has 6 aromatic carbocycles. The van der Waals surface area contributed by atoms with Crippen LogP contribution in [0.4, 0.5) is 0 Å². The predicted octanol–water partition coefficient (Wildman–Crippen LogP) is 9.43. The summed E-state index contributed by atoms with van der Waals surface area (Å²) in [6.45, 7) is 0. The van der Waals surface area contributed by atoms with Crippen LogP contribution in [0.3, 0.4) is 0 Å². The number of hydrogen-bond donors (Lipinski definition) is 0. The van der Waals surface area contributed by atoms with Crippen molar-refractivity contribution in [1.82, 2.24) is 0 Å². The summed E-state index contributed by atoms with van der Waals surface area (Å²) >= 11 is 3.55. The highest BCUT2D eigenvalue weighted by Crippen LogP contribution is 2.65. The van der Waals surface area contributed by atoms with Gasteiger partial charge in [-0.1, -0.05) is 146 Å². The van der Waals surface area contributed by atoms with E-state index in [0.29, 0.717) is 0 Å². The van der Waals surface area contributed by atoms with E-state index in [1.165, 1.54) is 20.9 Å². The van der Waals surface area contributed by atoms with Crippen LogP contribution in [-0.2, 0) is 14.5 Å². The summed E-state index contributed by atoms with van der Waals surface area (Å²) in [6, 6.07) is 57.2. The minimum absolute atomic E-state index is 0.641. The van der Waals surface area contributed by atoms with Crippen molar-refractivity contribution < 1.29 is 9.13 Å². The van der Waals surface area contributed by atoms with E-state index in [1.54, 1.807) is 22.7 Å². The Kier molecular flexibility index (Phi) is 7.04. The highest BCUT2D eigenvalue weighted by Gasteiger charge is 2.54. The lowest BCUT2D eigenvalue weighted by Gasteiger charge is -2.31. The Morgan fingerprint density at radius 3 is 1.02 bits per heavy atom. The summed E-state index contributed by atoms with van der Waals surface area (Å²) in [5.74, 6) is 0. The fourth-order valence-electron chi connectivity index (χ4n) is 8.42. The molecule has 0 N–H and O–H groups in total. The van der Waals surface area contributed by atoms with Gasteiger partial charge in [0.05, 0.1) is 5.41 Å². The van der Waals surface area contributed by atoms with Crippen LogP contribution in [0.25, 0.3) is 20.9 Å². The van der Waals surface area contributed by atoms with Gasteiger partial charge in [0.15, 0.2) is 14.3 Å². The van der Waals surface area contributed by atoms with Crippen LogP contribution in [0.5, 0.6) is 0 Å². The molecule has 10 rings (SSSR count). The van der Waals surface area contributed by atoms with Gasteiger partial charge in [0.1, 0.15) is 0 Å². The van der Waals surface area contributed by atoms with Gasteiger partial charge in [-0.05, 0) is 68.4 Å². The van der Waals surface area contributed by atoms with Crippen LogP contribution < -0.4 is 31.8 Å². The van der Waals surface area contributed by atoms with Gasteiger partial charge in [-0.3, -0.25) is 0 Å². The molecule has 2 aliphatic carbocycles. The molecule has 2 heterocycles. The third-order valence-corrected chi connectivity index (χ3v) is 18.8. The fraction of sp³-hybridized carbons (Fsp3) is 0.0222. The van der Waals surface area contributed by atoms with Gasteiger partial charge in [-0.25, -0.2) is 0 Å². The third-order valence-electron chi connectivity index (χ3n) is 10.7. The minimum Gasteiger partial charge on any atom is -0.309 e. The van der Waals surface area contributed by atoms with Crippen molar-refractivity contribution >= 4 is 68.8 Å². The van der Waals surface area contributed by atoms with E-state index in [9.17, 15) is 0 Å². The van der Waals surface area contributed by atoms with Crippen molar-refractivity contribution in [1.29, 1.82) is 0 Å². The smallest absolute Gasteiger partial charge is 0.171 e. The fourth-order valence-corrected chi connectivity index (χ4v) is 15.9. The van der Waals surface area contributed by atoms with Gasteiger partial charge in [-0.15, -0.1) is 22.7 Å². The standard InChI is InChI=1S/C45H30O2P2S2/c46-48(31-13-5-1-6-14-31,32-15-7-2-8-16-32)35-21-23-37-38-24-22-36(49(47,33-17-9-3-10-18-33)34-19-11-4-12-20-34)30-42(38)45(41(37)29-35)39-25-27-50-43(39)44-40(45)26-28-51-44/h1-30H. The van der Waals surface area contributed by atoms with E-state index in [2.05, 4.69) is 59.3 Å². The molecule has 1 spiro atoms. The van der Waals surface area contributed by atoms with Crippen molar-refractivity contribution in [2.45, 2.75) is 5.41 Å². The number of hydrogen-bond acceptors (Lipinski definition) is 4. The van der Waals surface area contributed by atoms with Crippen molar-refractivity contribution in [3.05, 3.63) is 203 Å². The summed E-state index contributed by atoms with van der Waals surface area (Å²) in [6.07, 6.45) is 0. The summed E-state index contributed by atoms with van der Waals surface area (Å²) < 4.78 is 31.5. The number of benzene rings is 6. The van der Waals surface area contributed by atoms with Crippen LogP contribution in [0, 0.1) is 0 Å². The molecule has 51 heavy (non-hydrogen) atoms. The van der Waals surface area contributed by atoms with Gasteiger partial charge in [0, 0.05) is 41.6 Å². The van der Waals surface area contributed by atoms with E-state index in [0.717, 1.165) is 54.1 Å². The second-order valence-corrected chi connectivity index (χ2v) is 20.5. The lowest BCUT2D eigenvalue weighted by atomic mass is 9.71. The Morgan fingerprint density at radius 2 is 0.686 bits per heavy atom. The topological polar surface area (TPSA) is 34.1 Å². The number of thiophene rings is 2. The third kappa shape index (κ3) is 4.23. The van der Waals surface area contributed by atoms with E-state index in [4.69, 9.17) is 0 Å². The Labute approximate surface area is 305 Å². The molecule has 2 aliphatic rings. The second kappa shape index (κ2) is 11.6. The molecule has 0 saturated heterocycles. The average Bonchev–Trinajstić information content (AvgIpc) is 3.99. The first-order valence-electron chi connectivity index (χ1n) is 16.9. The molecular weight excluding hydrogens is 699 g/mol. The Morgan fingerprint density at radius 1 is 0.353 bits per heavy atom. The maximum Gasteiger partial charge on any atom is 0.171 e. The molecule has 2 nitrogen and oxygen atoms in total. The van der Waals surface area contributed by atoms with Crippen LogP contribution in [0.15, 0.2) is 181 Å². The molecule has 0 unspecified atom stereocenters. The lowest BCUT2D eigenvalue weighted by molar-refractivity contribution is 0.591. The maximum absolute atomic E-state index is 15.8. The zero-order valence-corrected chi connectivity index (χ0v) is 30.8. The van der Waals surface area contributed by atoms with Gasteiger partial charge in [-0.2, -0.15) is 0 Å². The molecule has 0 radical (unpaired) electrons. The van der Waals surface area contributed by atoms with Crippen LogP contribution in [0.2, 0.25) is 0 Å². The van der Waals surface area contributed by atoms with Gasteiger partial charge >= 0.3 is 0 Å². The molecule has 8 aromatic rings. The SMILES string of the molecule is O=P(c1ccccc1)(c1ccccc1)c1ccc2c(c1)C1(c3cc(P(=O)(c4ccccc4)c4ccccc4)ccc3-2)c2ccsc2-c2sccc21. The van der Waals surface area contributed by atoms with Crippen molar-refractivity contribution in [2.75, 3.05) is 0 Å². The molecule has 0 atom stereocenters. The first-order valence-corrected chi connectivity index (χ1v) is 22.1. The molecule has 2 aromatic heterocycles. The highest BCUT2D eigenvalue weighted by molar-refractivity contribution is 7.85. The summed E-state index contributed by atoms with van der Waals surface area (Å²) in [5.41, 5.74) is 6.35. The molecule has 0 fully saturated rings. The van der Waals surface area contributed by atoms with Gasteiger partial charge in [0.2, 0.25) is 0 Å². The van der Waals surface area contributed by atoms with Crippen molar-refractivity contribution in [3.63, 3.8) is 0 Å². The van der Waals surface area contributed by atoms with Crippen molar-refractivity contribution in [2.24, 2.45) is 0 Å². The zero-order chi connectivity index (χ0) is 34.2. The lowest BCUT2D eigenvalue weighted by Crippen LogP contribution is -2.30. The Hall–Kier alpha value is -4.82. The molecule has 0 bridgehead atoms. The molecule has 0 saturated carbocycles. The molecule has 0 amide bonds. The predicted molar refractivity (Wildman–Crippen MR) is 217 cm³/mol. The van der Waals surface area contributed by atoms with Gasteiger partial charge in [0.25, 0.3) is 0 Å². The highest BCUT2D eigenvalue weighted by atomic mass is 32.1. The van der Waals surface area contributed by atoms with E-state index in [-0.39, 0.29) is 0 Å². The van der Waals surface area contributed by atoms with Gasteiger partial charge < -0.3 is 9.13 Å². The average molecular weight is 729 g/mol. The number of fused-ring (bicyclic) bond motifs is 10. The number of rotatable bonds is 6. The maximum atomic E-state index is 15.8. The summed E-state index contributed by atoms with van der Waals surface area (Å²) in [4.78, 5) is 2.55. The van der Waals surface area contributed by atoms with Crippen molar-refractivity contribution in [3.8, 4) is 20.9 Å². The quantitative estimate of drug-likeness (QED) is 0.160. The summed E-state index contributed by atoms with van der Waals surface area (Å²) in [7, 11) is -6.51. The first-order chi connectivity index (χ1) is 25.1. The normalized spacial score (nSPS) is 13.8. The molecular formula is C45H30O2P2S2. The first kappa shape index (κ1) is 31.0. The minimum atomic E-state index is -3.26. The molecule has 6 heteroatoms. The van der Waals surface area contributed by atoms with E-state index >= 15 is 9.13 Å². The molecule has 0 aliphatic heterocycles. The molecule has 244 valence electrons.